The molecule has 88 valence electrons. The van der Waals surface area contributed by atoms with Gasteiger partial charge in [0, 0.05) is 28.8 Å². The van der Waals surface area contributed by atoms with E-state index in [1.54, 1.807) is 19.2 Å². The van der Waals surface area contributed by atoms with Crippen LogP contribution in [0.4, 0.5) is 5.69 Å². The number of benzene rings is 1. The van der Waals surface area contributed by atoms with Gasteiger partial charge in [0.1, 0.15) is 0 Å². The molecule has 1 amide bonds. The Labute approximate surface area is 113 Å². The van der Waals surface area contributed by atoms with Gasteiger partial charge in [0.15, 0.2) is 5.78 Å². The largest absolute Gasteiger partial charge is 0.325 e. The molecule has 1 aromatic carbocycles. The summed E-state index contributed by atoms with van der Waals surface area (Å²) in [6.45, 7) is 0. The first-order valence-electron chi connectivity index (χ1n) is 5.17. The lowest BCUT2D eigenvalue weighted by Crippen LogP contribution is -2.18. The second kappa shape index (κ2) is 4.95. The van der Waals surface area contributed by atoms with Gasteiger partial charge < -0.3 is 10.3 Å². The molecule has 5 heteroatoms. The predicted octanol–water partition coefficient (Wildman–Crippen LogP) is 2.13. The first kappa shape index (κ1) is 12.2. The van der Waals surface area contributed by atoms with E-state index in [1.165, 1.54) is 6.21 Å². The third-order valence-corrected chi connectivity index (χ3v) is 3.26. The first-order valence-corrected chi connectivity index (χ1v) is 6.25. The Hall–Kier alpha value is -1.24. The molecule has 0 bridgehead atoms. The van der Waals surface area contributed by atoms with Crippen LogP contribution in [0.1, 0.15) is 16.8 Å². The number of anilines is 1. The summed E-state index contributed by atoms with van der Waals surface area (Å²) in [5.74, 6) is -0.662. The van der Waals surface area contributed by atoms with Crippen molar-refractivity contribution in [1.29, 1.82) is 0 Å². The van der Waals surface area contributed by atoms with E-state index in [-0.39, 0.29) is 18.1 Å². The SMILES string of the molecule is CN=CC1CC(=O)Nc2ccc(I)cc2C1=O. The van der Waals surface area contributed by atoms with E-state index in [1.807, 2.05) is 6.07 Å². The molecule has 1 atom stereocenters. The van der Waals surface area contributed by atoms with Gasteiger partial charge >= 0.3 is 0 Å². The van der Waals surface area contributed by atoms with E-state index in [4.69, 9.17) is 0 Å². The van der Waals surface area contributed by atoms with E-state index >= 15 is 0 Å². The molecule has 0 saturated carbocycles. The maximum absolute atomic E-state index is 12.2. The van der Waals surface area contributed by atoms with Gasteiger partial charge in [-0.3, -0.25) is 9.59 Å². The van der Waals surface area contributed by atoms with Crippen LogP contribution >= 0.6 is 22.6 Å². The van der Waals surface area contributed by atoms with Gasteiger partial charge in [-0.25, -0.2) is 0 Å². The average Bonchev–Trinajstić information content (AvgIpc) is 2.39. The maximum atomic E-state index is 12.2. The fourth-order valence-corrected chi connectivity index (χ4v) is 2.31. The van der Waals surface area contributed by atoms with Crippen LogP contribution in [0.5, 0.6) is 0 Å². The molecule has 1 aliphatic rings. The van der Waals surface area contributed by atoms with E-state index in [2.05, 4.69) is 32.9 Å². The number of amides is 1. The molecule has 0 fully saturated rings. The minimum atomic E-state index is -0.459. The molecule has 0 radical (unpaired) electrons. The highest BCUT2D eigenvalue weighted by Gasteiger charge is 2.27. The fourth-order valence-electron chi connectivity index (χ4n) is 1.82. The van der Waals surface area contributed by atoms with Crippen molar-refractivity contribution in [3.05, 3.63) is 27.3 Å². The van der Waals surface area contributed by atoms with E-state index in [0.29, 0.717) is 11.3 Å². The standard InChI is InChI=1S/C12H11IN2O2/c1-14-6-7-4-11(16)15-10-3-2-8(13)5-9(10)12(7)17/h2-3,5-7H,4H2,1H3,(H,15,16). The van der Waals surface area contributed by atoms with Gasteiger partial charge in [-0.05, 0) is 40.8 Å². The van der Waals surface area contributed by atoms with Gasteiger partial charge in [-0.1, -0.05) is 0 Å². The smallest absolute Gasteiger partial charge is 0.225 e. The van der Waals surface area contributed by atoms with Crippen molar-refractivity contribution < 1.29 is 9.59 Å². The van der Waals surface area contributed by atoms with Crippen molar-refractivity contribution in [2.75, 3.05) is 12.4 Å². The minimum Gasteiger partial charge on any atom is -0.325 e. The zero-order chi connectivity index (χ0) is 12.4. The summed E-state index contributed by atoms with van der Waals surface area (Å²) < 4.78 is 0.970. The number of halogens is 1. The molecule has 2 rings (SSSR count). The zero-order valence-corrected chi connectivity index (χ0v) is 11.4. The molecule has 17 heavy (non-hydrogen) atoms. The highest BCUT2D eigenvalue weighted by molar-refractivity contribution is 14.1. The summed E-state index contributed by atoms with van der Waals surface area (Å²) in [5, 5.41) is 2.74. The molecule has 0 aromatic heterocycles. The van der Waals surface area contributed by atoms with Crippen molar-refractivity contribution >= 4 is 46.2 Å². The van der Waals surface area contributed by atoms with Gasteiger partial charge in [-0.2, -0.15) is 0 Å². The van der Waals surface area contributed by atoms with Crippen LogP contribution in [0, 0.1) is 9.49 Å². The van der Waals surface area contributed by atoms with Gasteiger partial charge in [-0.15, -0.1) is 0 Å². The lowest BCUT2D eigenvalue weighted by Gasteiger charge is -2.07. The molecule has 0 saturated heterocycles. The van der Waals surface area contributed by atoms with Crippen LogP contribution in [0.2, 0.25) is 0 Å². The molecule has 1 N–H and O–H groups in total. The van der Waals surface area contributed by atoms with Crippen LogP contribution in [-0.2, 0) is 4.79 Å². The Morgan fingerprint density at radius 2 is 2.24 bits per heavy atom. The quantitative estimate of drug-likeness (QED) is 0.628. The lowest BCUT2D eigenvalue weighted by atomic mass is 9.96. The second-order valence-corrected chi connectivity index (χ2v) is 5.07. The highest BCUT2D eigenvalue weighted by Crippen LogP contribution is 2.26. The normalized spacial score (nSPS) is 20.0. The Balaban J connectivity index is 2.51. The molecule has 0 aliphatic carbocycles. The summed E-state index contributed by atoms with van der Waals surface area (Å²) in [5.41, 5.74) is 1.15. The number of carbonyl (C=O) groups is 2. The molecule has 1 unspecified atom stereocenters. The van der Waals surface area contributed by atoms with Crippen LogP contribution in [0.25, 0.3) is 0 Å². The van der Waals surface area contributed by atoms with Gasteiger partial charge in [0.05, 0.1) is 11.6 Å². The number of nitrogens with zero attached hydrogens (tertiary/aromatic N) is 1. The van der Waals surface area contributed by atoms with E-state index in [9.17, 15) is 9.59 Å². The highest BCUT2D eigenvalue weighted by atomic mass is 127. The third-order valence-electron chi connectivity index (χ3n) is 2.59. The fraction of sp³-hybridized carbons (Fsp3) is 0.250. The molecule has 1 aliphatic heterocycles. The van der Waals surface area contributed by atoms with Crippen molar-refractivity contribution in [1.82, 2.24) is 0 Å². The maximum Gasteiger partial charge on any atom is 0.225 e. The first-order chi connectivity index (χ1) is 8.11. The van der Waals surface area contributed by atoms with Crippen molar-refractivity contribution in [3.8, 4) is 0 Å². The molecule has 1 aromatic rings. The van der Waals surface area contributed by atoms with Crippen molar-refractivity contribution in [2.24, 2.45) is 10.9 Å². The van der Waals surface area contributed by atoms with Crippen LogP contribution < -0.4 is 5.32 Å². The summed E-state index contributed by atoms with van der Waals surface area (Å²) >= 11 is 2.14. The summed E-state index contributed by atoms with van der Waals surface area (Å²) in [6.07, 6.45) is 1.69. The number of ketones is 1. The number of nitrogens with one attached hydrogen (secondary N) is 1. The van der Waals surface area contributed by atoms with Crippen LogP contribution in [0.15, 0.2) is 23.2 Å². The Bertz CT molecular complexity index is 511. The van der Waals surface area contributed by atoms with E-state index < -0.39 is 5.92 Å². The number of fused-ring (bicyclic) bond motifs is 1. The Morgan fingerprint density at radius 3 is 2.94 bits per heavy atom. The summed E-state index contributed by atoms with van der Waals surface area (Å²) in [4.78, 5) is 27.7. The molecule has 4 nitrogen and oxygen atoms in total. The lowest BCUT2D eigenvalue weighted by molar-refractivity contribution is -0.116. The average molecular weight is 342 g/mol. The van der Waals surface area contributed by atoms with E-state index in [0.717, 1.165) is 3.57 Å². The van der Waals surface area contributed by atoms with Crippen molar-refractivity contribution in [3.63, 3.8) is 0 Å². The minimum absolute atomic E-state index is 0.0533. The molecule has 0 spiro atoms. The zero-order valence-electron chi connectivity index (χ0n) is 9.24. The molecular weight excluding hydrogens is 331 g/mol. The third kappa shape index (κ3) is 2.54. The number of aliphatic imine (C=N–C) groups is 1. The molecular formula is C12H11IN2O2. The van der Waals surface area contributed by atoms with Gasteiger partial charge in [0.2, 0.25) is 5.91 Å². The van der Waals surface area contributed by atoms with Crippen LogP contribution in [0.3, 0.4) is 0 Å². The Morgan fingerprint density at radius 1 is 1.47 bits per heavy atom. The number of hydrogen-bond acceptors (Lipinski definition) is 3. The van der Waals surface area contributed by atoms with Crippen molar-refractivity contribution in [2.45, 2.75) is 6.42 Å². The second-order valence-electron chi connectivity index (χ2n) is 3.82. The number of hydrogen-bond donors (Lipinski definition) is 1. The molecule has 1 heterocycles. The predicted molar refractivity (Wildman–Crippen MR) is 74.6 cm³/mol. The summed E-state index contributed by atoms with van der Waals surface area (Å²) in [7, 11) is 1.60. The number of carbonyl (C=O) groups excluding carboxylic acids is 2. The number of rotatable bonds is 1. The topological polar surface area (TPSA) is 58.5 Å². The Kier molecular flexibility index (Phi) is 3.56. The van der Waals surface area contributed by atoms with Gasteiger partial charge in [0.25, 0.3) is 0 Å². The van der Waals surface area contributed by atoms with Crippen LogP contribution in [-0.4, -0.2) is 25.0 Å². The summed E-state index contributed by atoms with van der Waals surface area (Å²) in [6, 6.07) is 5.42. The number of Topliss-reactive ketones (excluding diaryl/α,β-unsaturated/α-hetero) is 1. The monoisotopic (exact) mass is 342 g/mol.